The van der Waals surface area contributed by atoms with Gasteiger partial charge in [-0.15, -0.1) is 0 Å². The van der Waals surface area contributed by atoms with Crippen LogP contribution in [0.25, 0.3) is 0 Å². The van der Waals surface area contributed by atoms with E-state index in [-0.39, 0.29) is 24.8 Å². The van der Waals surface area contributed by atoms with Gasteiger partial charge >= 0.3 is 0 Å². The fraction of sp³-hybridized carbons (Fsp3) is 0.882. The van der Waals surface area contributed by atoms with Gasteiger partial charge in [-0.1, -0.05) is 26.0 Å². The highest BCUT2D eigenvalue weighted by Gasteiger charge is 2.47. The molecule has 4 nitrogen and oxygen atoms in total. The standard InChI is InChI=1S/C17H30O4/c1-5-9-18-12(3)20-16-14-7-8-15(11-14)17(16)21-13(4)19-10-6-2/h7-8,12-17H,5-6,9-11H2,1-4H3. The van der Waals surface area contributed by atoms with Gasteiger partial charge in [0.2, 0.25) is 0 Å². The Morgan fingerprint density at radius 1 is 0.857 bits per heavy atom. The van der Waals surface area contributed by atoms with Crippen LogP contribution in [-0.2, 0) is 18.9 Å². The Hall–Kier alpha value is -0.420. The molecule has 0 aromatic heterocycles. The maximum Gasteiger partial charge on any atom is 0.155 e. The predicted octanol–water partition coefficient (Wildman–Crippen LogP) is 3.51. The Bertz CT molecular complexity index is 301. The van der Waals surface area contributed by atoms with Gasteiger partial charge < -0.3 is 18.9 Å². The van der Waals surface area contributed by atoms with E-state index in [0.29, 0.717) is 11.8 Å². The number of hydrogen-bond acceptors (Lipinski definition) is 4. The van der Waals surface area contributed by atoms with Crippen LogP contribution in [0.1, 0.15) is 47.0 Å². The largest absolute Gasteiger partial charge is 0.353 e. The molecule has 0 saturated heterocycles. The molecule has 1 fully saturated rings. The van der Waals surface area contributed by atoms with E-state index in [1.165, 1.54) is 0 Å². The highest BCUT2D eigenvalue weighted by Crippen LogP contribution is 2.43. The summed E-state index contributed by atoms with van der Waals surface area (Å²) in [4.78, 5) is 0. The number of fused-ring (bicyclic) bond motifs is 2. The molecule has 1 saturated carbocycles. The Morgan fingerprint density at radius 3 is 1.67 bits per heavy atom. The van der Waals surface area contributed by atoms with Crippen molar-refractivity contribution >= 4 is 0 Å². The van der Waals surface area contributed by atoms with Crippen molar-refractivity contribution in [3.05, 3.63) is 12.2 Å². The number of ether oxygens (including phenoxy) is 4. The molecule has 2 aliphatic rings. The molecule has 122 valence electrons. The third-order valence-corrected chi connectivity index (χ3v) is 4.13. The summed E-state index contributed by atoms with van der Waals surface area (Å²) in [6.07, 6.45) is 7.47. The van der Waals surface area contributed by atoms with Crippen LogP contribution in [0.2, 0.25) is 0 Å². The molecule has 21 heavy (non-hydrogen) atoms. The third kappa shape index (κ3) is 4.52. The van der Waals surface area contributed by atoms with E-state index >= 15 is 0 Å². The lowest BCUT2D eigenvalue weighted by Crippen LogP contribution is -2.40. The molecule has 2 rings (SSSR count). The van der Waals surface area contributed by atoms with Crippen molar-refractivity contribution in [3.63, 3.8) is 0 Å². The number of rotatable bonds is 10. The summed E-state index contributed by atoms with van der Waals surface area (Å²) < 4.78 is 23.5. The fourth-order valence-electron chi connectivity index (χ4n) is 3.18. The van der Waals surface area contributed by atoms with Crippen LogP contribution in [0.5, 0.6) is 0 Å². The minimum atomic E-state index is -0.180. The average Bonchev–Trinajstić information content (AvgIpc) is 3.06. The minimum Gasteiger partial charge on any atom is -0.353 e. The lowest BCUT2D eigenvalue weighted by atomic mass is 10.0. The molecule has 6 atom stereocenters. The first-order chi connectivity index (χ1) is 10.2. The maximum absolute atomic E-state index is 6.11. The first-order valence-corrected chi connectivity index (χ1v) is 8.38. The van der Waals surface area contributed by atoms with E-state index < -0.39 is 0 Å². The van der Waals surface area contributed by atoms with Crippen LogP contribution in [0.3, 0.4) is 0 Å². The summed E-state index contributed by atoms with van der Waals surface area (Å²) >= 11 is 0. The molecular formula is C17H30O4. The van der Waals surface area contributed by atoms with Gasteiger partial charge in [-0.3, -0.25) is 0 Å². The lowest BCUT2D eigenvalue weighted by Gasteiger charge is -2.32. The summed E-state index contributed by atoms with van der Waals surface area (Å²) in [5.41, 5.74) is 0. The Morgan fingerprint density at radius 2 is 1.29 bits per heavy atom. The zero-order valence-electron chi connectivity index (χ0n) is 13.8. The van der Waals surface area contributed by atoms with Crippen LogP contribution < -0.4 is 0 Å². The van der Waals surface area contributed by atoms with E-state index in [0.717, 1.165) is 32.5 Å². The van der Waals surface area contributed by atoms with Crippen LogP contribution >= 0.6 is 0 Å². The van der Waals surface area contributed by atoms with Crippen molar-refractivity contribution in [1.29, 1.82) is 0 Å². The molecule has 0 aliphatic heterocycles. The molecule has 0 heterocycles. The molecular weight excluding hydrogens is 268 g/mol. The normalized spacial score (nSPS) is 33.5. The zero-order chi connectivity index (χ0) is 15.2. The molecule has 6 unspecified atom stereocenters. The molecule has 0 spiro atoms. The zero-order valence-corrected chi connectivity index (χ0v) is 13.8. The molecule has 0 radical (unpaired) electrons. The van der Waals surface area contributed by atoms with Gasteiger partial charge in [0.1, 0.15) is 0 Å². The Labute approximate surface area is 128 Å². The quantitative estimate of drug-likeness (QED) is 0.457. The van der Waals surface area contributed by atoms with Gasteiger partial charge in [0.25, 0.3) is 0 Å². The van der Waals surface area contributed by atoms with Crippen molar-refractivity contribution in [3.8, 4) is 0 Å². The summed E-state index contributed by atoms with van der Waals surface area (Å²) in [5.74, 6) is 0.900. The molecule has 0 N–H and O–H groups in total. The van der Waals surface area contributed by atoms with Gasteiger partial charge in [0.05, 0.1) is 12.2 Å². The topological polar surface area (TPSA) is 36.9 Å². The van der Waals surface area contributed by atoms with Crippen LogP contribution in [0, 0.1) is 11.8 Å². The molecule has 4 heteroatoms. The smallest absolute Gasteiger partial charge is 0.155 e. The highest BCUT2D eigenvalue weighted by molar-refractivity contribution is 5.15. The SMILES string of the molecule is CCCOC(C)OC1C2C=CC(C2)C1OC(C)OCCC. The first kappa shape index (κ1) is 16.9. The minimum absolute atomic E-state index is 0.0829. The van der Waals surface area contributed by atoms with Crippen molar-refractivity contribution in [2.75, 3.05) is 13.2 Å². The Balaban J connectivity index is 1.87. The van der Waals surface area contributed by atoms with E-state index in [4.69, 9.17) is 18.9 Å². The second-order valence-electron chi connectivity index (χ2n) is 6.03. The Kier molecular flexibility index (Phi) is 6.68. The van der Waals surface area contributed by atoms with Crippen LogP contribution in [0.4, 0.5) is 0 Å². The predicted molar refractivity (Wildman–Crippen MR) is 81.9 cm³/mol. The van der Waals surface area contributed by atoms with Gasteiger partial charge in [0.15, 0.2) is 12.6 Å². The molecule has 0 amide bonds. The summed E-state index contributed by atoms with van der Waals surface area (Å²) in [6, 6.07) is 0. The van der Waals surface area contributed by atoms with Crippen LogP contribution in [0.15, 0.2) is 12.2 Å². The summed E-state index contributed by atoms with van der Waals surface area (Å²) in [5, 5.41) is 0. The maximum atomic E-state index is 6.11. The summed E-state index contributed by atoms with van der Waals surface area (Å²) in [7, 11) is 0. The van der Waals surface area contributed by atoms with Gasteiger partial charge in [-0.25, -0.2) is 0 Å². The second-order valence-corrected chi connectivity index (χ2v) is 6.03. The van der Waals surface area contributed by atoms with Crippen molar-refractivity contribution in [1.82, 2.24) is 0 Å². The second kappa shape index (κ2) is 8.28. The monoisotopic (exact) mass is 298 g/mol. The molecule has 0 aromatic rings. The van der Waals surface area contributed by atoms with Gasteiger partial charge in [-0.2, -0.15) is 0 Å². The lowest BCUT2D eigenvalue weighted by molar-refractivity contribution is -0.228. The number of hydrogen-bond donors (Lipinski definition) is 0. The average molecular weight is 298 g/mol. The van der Waals surface area contributed by atoms with E-state index in [1.54, 1.807) is 0 Å². The van der Waals surface area contributed by atoms with E-state index in [2.05, 4.69) is 26.0 Å². The highest BCUT2D eigenvalue weighted by atomic mass is 16.7. The van der Waals surface area contributed by atoms with E-state index in [9.17, 15) is 0 Å². The first-order valence-electron chi connectivity index (χ1n) is 8.38. The molecule has 2 bridgehead atoms. The third-order valence-electron chi connectivity index (χ3n) is 4.13. The summed E-state index contributed by atoms with van der Waals surface area (Å²) in [6.45, 7) is 9.62. The van der Waals surface area contributed by atoms with Gasteiger partial charge in [0, 0.05) is 25.0 Å². The fourth-order valence-corrected chi connectivity index (χ4v) is 3.18. The van der Waals surface area contributed by atoms with Gasteiger partial charge in [-0.05, 0) is 33.1 Å². The van der Waals surface area contributed by atoms with Crippen molar-refractivity contribution < 1.29 is 18.9 Å². The van der Waals surface area contributed by atoms with E-state index in [1.807, 2.05) is 13.8 Å². The molecule has 2 aliphatic carbocycles. The van der Waals surface area contributed by atoms with Crippen molar-refractivity contribution in [2.45, 2.75) is 71.7 Å². The van der Waals surface area contributed by atoms with Crippen molar-refractivity contribution in [2.24, 2.45) is 11.8 Å². The van der Waals surface area contributed by atoms with Crippen LogP contribution in [-0.4, -0.2) is 38.0 Å². The molecule has 0 aromatic carbocycles.